The van der Waals surface area contributed by atoms with E-state index in [1.807, 2.05) is 11.9 Å². The Labute approximate surface area is 248 Å². The van der Waals surface area contributed by atoms with Gasteiger partial charge in [-0.1, -0.05) is 36.3 Å². The molecular weight excluding hydrogens is 554 g/mol. The van der Waals surface area contributed by atoms with E-state index in [0.29, 0.717) is 60.1 Å². The number of carbonyl (C=O) groups excluding carboxylic acids is 1. The lowest BCUT2D eigenvalue weighted by Crippen LogP contribution is -2.36. The van der Waals surface area contributed by atoms with E-state index >= 15 is 4.39 Å². The number of halogens is 2. The second-order valence-electron chi connectivity index (χ2n) is 10.4. The van der Waals surface area contributed by atoms with Crippen LogP contribution in [0.15, 0.2) is 48.7 Å². The van der Waals surface area contributed by atoms with Gasteiger partial charge >= 0.3 is 6.01 Å². The minimum absolute atomic E-state index is 0.00655. The van der Waals surface area contributed by atoms with Gasteiger partial charge < -0.3 is 25.0 Å². The van der Waals surface area contributed by atoms with Crippen molar-refractivity contribution >= 4 is 33.4 Å². The molecule has 2 atom stereocenters. The van der Waals surface area contributed by atoms with E-state index in [-0.39, 0.29) is 34.7 Å². The lowest BCUT2D eigenvalue weighted by Gasteiger charge is -2.27. The summed E-state index contributed by atoms with van der Waals surface area (Å²) in [7, 11) is 3.23. The molecule has 0 spiro atoms. The lowest BCUT2D eigenvalue weighted by molar-refractivity contribution is -0.125. The van der Waals surface area contributed by atoms with Crippen molar-refractivity contribution in [1.29, 1.82) is 0 Å². The molecule has 1 saturated heterocycles. The lowest BCUT2D eigenvalue weighted by atomic mass is 9.96. The van der Waals surface area contributed by atoms with Crippen LogP contribution >= 0.6 is 0 Å². The van der Waals surface area contributed by atoms with Crippen LogP contribution in [0.5, 0.6) is 6.01 Å². The number of nitrogens with one attached hydrogen (secondary N) is 1. The number of aliphatic hydroxyl groups is 1. The molecule has 0 saturated carbocycles. The number of anilines is 1. The van der Waals surface area contributed by atoms with Crippen molar-refractivity contribution < 1.29 is 23.4 Å². The smallest absolute Gasteiger partial charge is 0.318 e. The van der Waals surface area contributed by atoms with Gasteiger partial charge in [-0.25, -0.2) is 8.78 Å². The van der Waals surface area contributed by atoms with E-state index in [1.165, 1.54) is 25.4 Å². The largest absolute Gasteiger partial charge is 0.467 e. The highest BCUT2D eigenvalue weighted by Gasteiger charge is 2.30. The zero-order valence-corrected chi connectivity index (χ0v) is 24.1. The quantitative estimate of drug-likeness (QED) is 0.174. The molecule has 1 aliphatic rings. The number of rotatable bonds is 9. The van der Waals surface area contributed by atoms with Gasteiger partial charge in [0.05, 0.1) is 24.2 Å². The van der Waals surface area contributed by atoms with E-state index in [1.54, 1.807) is 42.2 Å². The highest BCUT2D eigenvalue weighted by atomic mass is 19.1. The maximum atomic E-state index is 16.3. The average Bonchev–Trinajstić information content (AvgIpc) is 3.50. The summed E-state index contributed by atoms with van der Waals surface area (Å²) in [6, 6.07) is 7.90. The van der Waals surface area contributed by atoms with Crippen LogP contribution in [0, 0.1) is 24.0 Å². The Morgan fingerprint density at radius 3 is 2.88 bits per heavy atom. The topological polar surface area (TPSA) is 104 Å². The van der Waals surface area contributed by atoms with Crippen molar-refractivity contribution in [3.63, 3.8) is 0 Å². The molecule has 1 fully saturated rings. The molecule has 1 amide bonds. The van der Waals surface area contributed by atoms with Crippen molar-refractivity contribution in [2.24, 2.45) is 0 Å². The number of carbonyl (C=O) groups is 1. The zero-order chi connectivity index (χ0) is 30.7. The minimum Gasteiger partial charge on any atom is -0.467 e. The van der Waals surface area contributed by atoms with Crippen LogP contribution in [0.3, 0.4) is 0 Å². The number of aliphatic hydroxyl groups excluding tert-OH is 1. The highest BCUT2D eigenvalue weighted by Crippen LogP contribution is 2.37. The average molecular weight is 587 g/mol. The number of terminal acetylenes is 1. The third-order valence-electron chi connectivity index (χ3n) is 7.54. The van der Waals surface area contributed by atoms with Crippen LogP contribution in [-0.4, -0.2) is 83.3 Å². The van der Waals surface area contributed by atoms with Gasteiger partial charge in [0.2, 0.25) is 5.91 Å². The number of nitrogens with zero attached hydrogens (tertiary/aromatic N) is 5. The molecule has 43 heavy (non-hydrogen) atoms. The molecule has 3 heterocycles. The van der Waals surface area contributed by atoms with E-state index in [9.17, 15) is 14.3 Å². The molecule has 222 valence electrons. The van der Waals surface area contributed by atoms with Gasteiger partial charge in [0.25, 0.3) is 0 Å². The predicted molar refractivity (Wildman–Crippen MR) is 162 cm³/mol. The van der Waals surface area contributed by atoms with Crippen LogP contribution < -0.4 is 15.0 Å². The molecule has 11 heteroatoms. The fraction of sp³-hybridized carbons (Fsp3) is 0.312. The molecular formula is C32H32F2N6O3. The van der Waals surface area contributed by atoms with Crippen LogP contribution in [-0.2, 0) is 4.79 Å². The second-order valence-corrected chi connectivity index (χ2v) is 10.4. The normalized spacial score (nSPS) is 15.7. The van der Waals surface area contributed by atoms with E-state index < -0.39 is 17.7 Å². The van der Waals surface area contributed by atoms with Gasteiger partial charge in [-0.3, -0.25) is 9.78 Å². The van der Waals surface area contributed by atoms with Crippen LogP contribution in [0.2, 0.25) is 0 Å². The molecule has 0 bridgehead atoms. The standard InChI is InChI=1S/C32H32F2N6O3/c1-5-22-25(33)12-11-20-8-6-9-23(27(20)22)29-28(34)30-24(17-36-29)31(38-32(37-30)43-4)39(3)21-13-15-40(18-21)26(42)10-7-14-35-16-19(2)41/h1,6-12,17,19,21,35,41H,13-16,18H2,2-4H3/b10-7+. The fourth-order valence-corrected chi connectivity index (χ4v) is 5.33. The van der Waals surface area contributed by atoms with Gasteiger partial charge in [-0.2, -0.15) is 9.97 Å². The third kappa shape index (κ3) is 5.98. The number of aromatic nitrogens is 3. The van der Waals surface area contributed by atoms with Gasteiger partial charge in [0, 0.05) is 62.5 Å². The number of ether oxygens (including phenoxy) is 1. The van der Waals surface area contributed by atoms with E-state index in [4.69, 9.17) is 11.2 Å². The van der Waals surface area contributed by atoms with Gasteiger partial charge in [0.1, 0.15) is 22.8 Å². The highest BCUT2D eigenvalue weighted by molar-refractivity contribution is 6.02. The van der Waals surface area contributed by atoms with Crippen LogP contribution in [0.1, 0.15) is 18.9 Å². The van der Waals surface area contributed by atoms with Crippen molar-refractivity contribution in [3.05, 3.63) is 65.9 Å². The molecule has 2 N–H and O–H groups in total. The summed E-state index contributed by atoms with van der Waals surface area (Å²) in [6.45, 7) is 3.59. The first kappa shape index (κ1) is 29.8. The fourth-order valence-electron chi connectivity index (χ4n) is 5.33. The molecule has 0 radical (unpaired) electrons. The summed E-state index contributed by atoms with van der Waals surface area (Å²) in [5.41, 5.74) is 0.340. The summed E-state index contributed by atoms with van der Waals surface area (Å²) in [4.78, 5) is 29.6. The molecule has 5 rings (SSSR count). The molecule has 2 aromatic carbocycles. The number of fused-ring (bicyclic) bond motifs is 2. The summed E-state index contributed by atoms with van der Waals surface area (Å²) in [5, 5.41) is 13.8. The summed E-state index contributed by atoms with van der Waals surface area (Å²) >= 11 is 0. The van der Waals surface area contributed by atoms with E-state index in [2.05, 4.69) is 26.2 Å². The first-order valence-corrected chi connectivity index (χ1v) is 13.9. The Kier molecular flexibility index (Phi) is 8.80. The first-order chi connectivity index (χ1) is 20.7. The van der Waals surface area contributed by atoms with Crippen LogP contribution in [0.25, 0.3) is 32.9 Å². The number of pyridine rings is 1. The molecule has 4 aromatic rings. The van der Waals surface area contributed by atoms with Crippen molar-refractivity contribution in [2.75, 3.05) is 45.2 Å². The maximum absolute atomic E-state index is 16.3. The third-order valence-corrected chi connectivity index (χ3v) is 7.54. The Morgan fingerprint density at radius 1 is 1.33 bits per heavy atom. The van der Waals surface area contributed by atoms with Crippen molar-refractivity contribution in [2.45, 2.75) is 25.5 Å². The summed E-state index contributed by atoms with van der Waals surface area (Å²) in [6.07, 6.45) is 10.6. The van der Waals surface area contributed by atoms with Gasteiger partial charge in [0.15, 0.2) is 5.82 Å². The summed E-state index contributed by atoms with van der Waals surface area (Å²) in [5.74, 6) is 1.38. The van der Waals surface area contributed by atoms with E-state index in [0.717, 1.165) is 0 Å². The Morgan fingerprint density at radius 2 is 2.14 bits per heavy atom. The second kappa shape index (κ2) is 12.7. The molecule has 2 aromatic heterocycles. The first-order valence-electron chi connectivity index (χ1n) is 13.9. The number of hydrogen-bond acceptors (Lipinski definition) is 8. The number of methoxy groups -OCH3 is 1. The molecule has 2 unspecified atom stereocenters. The predicted octanol–water partition coefficient (Wildman–Crippen LogP) is 3.68. The monoisotopic (exact) mass is 586 g/mol. The molecule has 0 aliphatic carbocycles. The molecule has 1 aliphatic heterocycles. The minimum atomic E-state index is -0.717. The Hall–Kier alpha value is -4.66. The van der Waals surface area contributed by atoms with Crippen molar-refractivity contribution in [3.8, 4) is 29.6 Å². The number of hydrogen-bond donors (Lipinski definition) is 2. The number of likely N-dealkylation sites (N-methyl/N-ethyl adjacent to an activating group) is 1. The Bertz CT molecular complexity index is 1750. The van der Waals surface area contributed by atoms with Crippen LogP contribution in [0.4, 0.5) is 14.6 Å². The zero-order valence-electron chi connectivity index (χ0n) is 24.1. The number of amides is 1. The maximum Gasteiger partial charge on any atom is 0.318 e. The van der Waals surface area contributed by atoms with Crippen molar-refractivity contribution in [1.82, 2.24) is 25.2 Å². The summed E-state index contributed by atoms with van der Waals surface area (Å²) < 4.78 is 36.2. The Balaban J connectivity index is 1.46. The SMILES string of the molecule is C#Cc1c(F)ccc2cccc(-c3ncc4c(N(C)C5CCN(C(=O)/C=C/CNCC(C)O)C5)nc(OC)nc4c3F)c12. The molecule has 9 nitrogen and oxygen atoms in total. The number of benzene rings is 2. The number of likely N-dealkylation sites (tertiary alicyclic amines) is 1. The van der Waals surface area contributed by atoms with Gasteiger partial charge in [-0.05, 0) is 24.8 Å². The van der Waals surface area contributed by atoms with Gasteiger partial charge in [-0.15, -0.1) is 6.42 Å².